The maximum absolute atomic E-state index is 13.5. The van der Waals surface area contributed by atoms with E-state index in [1.165, 1.54) is 6.07 Å². The molecule has 1 aliphatic heterocycles. The molecule has 0 amide bonds. The van der Waals surface area contributed by atoms with Crippen LogP contribution in [-0.4, -0.2) is 19.3 Å². The molecule has 1 aromatic rings. The summed E-state index contributed by atoms with van der Waals surface area (Å²) in [7, 11) is 0. The molecule has 100 valence electrons. The van der Waals surface area contributed by atoms with Gasteiger partial charge in [-0.3, -0.25) is 0 Å². The van der Waals surface area contributed by atoms with Crippen molar-refractivity contribution in [2.75, 3.05) is 13.2 Å². The van der Waals surface area contributed by atoms with Crippen LogP contribution in [-0.2, 0) is 4.74 Å². The van der Waals surface area contributed by atoms with Crippen LogP contribution in [0.5, 0.6) is 0 Å². The molecule has 0 aromatic heterocycles. The molecule has 0 spiro atoms. The molecule has 0 bridgehead atoms. The van der Waals surface area contributed by atoms with Gasteiger partial charge in [-0.2, -0.15) is 0 Å². The smallest absolute Gasteiger partial charge is 0.163 e. The molecule has 0 radical (unpaired) electrons. The molecule has 2 nitrogen and oxygen atoms in total. The number of benzene rings is 1. The normalized spacial score (nSPS) is 21.2. The van der Waals surface area contributed by atoms with Crippen LogP contribution in [0.3, 0.4) is 0 Å². The van der Waals surface area contributed by atoms with Gasteiger partial charge in [-0.1, -0.05) is 12.1 Å². The second-order valence-corrected chi connectivity index (χ2v) is 4.74. The Morgan fingerprint density at radius 1 is 1.44 bits per heavy atom. The van der Waals surface area contributed by atoms with Crippen LogP contribution < -0.4 is 5.32 Å². The summed E-state index contributed by atoms with van der Waals surface area (Å²) >= 11 is 0. The molecule has 1 aliphatic rings. The van der Waals surface area contributed by atoms with Crippen LogP contribution >= 0.6 is 0 Å². The summed E-state index contributed by atoms with van der Waals surface area (Å²) in [5.41, 5.74) is 0.377. The van der Waals surface area contributed by atoms with E-state index < -0.39 is 11.6 Å². The number of rotatable bonds is 5. The largest absolute Gasteiger partial charge is 0.378 e. The van der Waals surface area contributed by atoms with Crippen molar-refractivity contribution in [3.05, 3.63) is 35.4 Å². The van der Waals surface area contributed by atoms with Crippen molar-refractivity contribution in [2.45, 2.75) is 38.3 Å². The summed E-state index contributed by atoms with van der Waals surface area (Å²) in [6, 6.07) is 4.09. The first-order chi connectivity index (χ1) is 8.68. The van der Waals surface area contributed by atoms with Gasteiger partial charge >= 0.3 is 0 Å². The van der Waals surface area contributed by atoms with E-state index in [4.69, 9.17) is 4.74 Å². The predicted molar refractivity (Wildman–Crippen MR) is 66.4 cm³/mol. The maximum atomic E-state index is 13.5. The van der Waals surface area contributed by atoms with Crippen molar-refractivity contribution in [1.82, 2.24) is 5.32 Å². The standard InChI is InChI=1S/C14H19F2NO/c1-10(12-5-2-6-13(15)14(12)16)17-8-7-11-4-3-9-18-11/h2,5-6,10-11,17H,3-4,7-9H2,1H3. The van der Waals surface area contributed by atoms with E-state index in [1.807, 2.05) is 6.92 Å². The maximum Gasteiger partial charge on any atom is 0.163 e. The van der Waals surface area contributed by atoms with Gasteiger partial charge in [0.25, 0.3) is 0 Å². The lowest BCUT2D eigenvalue weighted by molar-refractivity contribution is 0.103. The molecule has 0 aliphatic carbocycles. The van der Waals surface area contributed by atoms with Gasteiger partial charge in [0, 0.05) is 18.2 Å². The predicted octanol–water partition coefficient (Wildman–Crippen LogP) is 3.18. The molecule has 1 aromatic carbocycles. The van der Waals surface area contributed by atoms with Gasteiger partial charge in [-0.05, 0) is 38.8 Å². The van der Waals surface area contributed by atoms with Crippen molar-refractivity contribution < 1.29 is 13.5 Å². The minimum atomic E-state index is -0.791. The SMILES string of the molecule is CC(NCCC1CCCO1)c1cccc(F)c1F. The summed E-state index contributed by atoms with van der Waals surface area (Å²) in [4.78, 5) is 0. The summed E-state index contributed by atoms with van der Waals surface area (Å²) in [5, 5.41) is 3.21. The lowest BCUT2D eigenvalue weighted by Crippen LogP contribution is -2.24. The fourth-order valence-electron chi connectivity index (χ4n) is 2.30. The van der Waals surface area contributed by atoms with Crippen molar-refractivity contribution >= 4 is 0 Å². The van der Waals surface area contributed by atoms with Crippen LogP contribution in [0.25, 0.3) is 0 Å². The number of halogens is 2. The van der Waals surface area contributed by atoms with Crippen molar-refractivity contribution in [3.8, 4) is 0 Å². The minimum Gasteiger partial charge on any atom is -0.378 e. The lowest BCUT2D eigenvalue weighted by atomic mass is 10.1. The highest BCUT2D eigenvalue weighted by Gasteiger charge is 2.17. The zero-order valence-electron chi connectivity index (χ0n) is 10.6. The van der Waals surface area contributed by atoms with Gasteiger partial charge in [0.15, 0.2) is 11.6 Å². The molecular formula is C14H19F2NO. The van der Waals surface area contributed by atoms with Gasteiger partial charge in [0.05, 0.1) is 6.10 Å². The van der Waals surface area contributed by atoms with E-state index in [9.17, 15) is 8.78 Å². The monoisotopic (exact) mass is 255 g/mol. The van der Waals surface area contributed by atoms with Crippen LogP contribution in [0.1, 0.15) is 37.8 Å². The van der Waals surface area contributed by atoms with E-state index >= 15 is 0 Å². The Kier molecular flexibility index (Phi) is 4.66. The molecule has 2 atom stereocenters. The molecule has 2 rings (SSSR count). The lowest BCUT2D eigenvalue weighted by Gasteiger charge is -2.16. The zero-order valence-corrected chi connectivity index (χ0v) is 10.6. The van der Waals surface area contributed by atoms with E-state index in [0.29, 0.717) is 11.7 Å². The van der Waals surface area contributed by atoms with Crippen molar-refractivity contribution in [3.63, 3.8) is 0 Å². The second-order valence-electron chi connectivity index (χ2n) is 4.74. The molecule has 0 saturated carbocycles. The van der Waals surface area contributed by atoms with Gasteiger partial charge in [0.2, 0.25) is 0 Å². The number of nitrogens with one attached hydrogen (secondary N) is 1. The van der Waals surface area contributed by atoms with E-state index in [-0.39, 0.29) is 6.04 Å². The fourth-order valence-corrected chi connectivity index (χ4v) is 2.30. The minimum absolute atomic E-state index is 0.192. The highest BCUT2D eigenvalue weighted by atomic mass is 19.2. The Bertz CT molecular complexity index is 391. The van der Waals surface area contributed by atoms with Gasteiger partial charge in [-0.25, -0.2) is 8.78 Å². The number of ether oxygens (including phenoxy) is 1. The highest BCUT2D eigenvalue weighted by molar-refractivity contribution is 5.21. The van der Waals surface area contributed by atoms with Gasteiger partial charge in [-0.15, -0.1) is 0 Å². The third kappa shape index (κ3) is 3.27. The Morgan fingerprint density at radius 2 is 2.28 bits per heavy atom. The Hall–Kier alpha value is -1.00. The van der Waals surface area contributed by atoms with Crippen molar-refractivity contribution in [1.29, 1.82) is 0 Å². The summed E-state index contributed by atoms with van der Waals surface area (Å²) < 4.78 is 32.1. The number of hydrogen-bond acceptors (Lipinski definition) is 2. The first-order valence-electron chi connectivity index (χ1n) is 6.47. The molecule has 18 heavy (non-hydrogen) atoms. The first-order valence-corrected chi connectivity index (χ1v) is 6.47. The van der Waals surface area contributed by atoms with Crippen LogP contribution in [0.4, 0.5) is 8.78 Å². The first kappa shape index (κ1) is 13.4. The van der Waals surface area contributed by atoms with Crippen LogP contribution in [0.2, 0.25) is 0 Å². The quantitative estimate of drug-likeness (QED) is 0.872. The Labute approximate surface area is 106 Å². The molecule has 1 heterocycles. The summed E-state index contributed by atoms with van der Waals surface area (Å²) in [6.07, 6.45) is 3.46. The van der Waals surface area contributed by atoms with Crippen LogP contribution in [0.15, 0.2) is 18.2 Å². The average Bonchev–Trinajstić information content (AvgIpc) is 2.85. The summed E-state index contributed by atoms with van der Waals surface area (Å²) in [6.45, 7) is 3.44. The van der Waals surface area contributed by atoms with E-state index in [0.717, 1.165) is 38.5 Å². The van der Waals surface area contributed by atoms with Gasteiger partial charge in [0.1, 0.15) is 0 Å². The third-order valence-electron chi connectivity index (χ3n) is 3.39. The van der Waals surface area contributed by atoms with E-state index in [2.05, 4.69) is 5.32 Å². The molecule has 1 fully saturated rings. The van der Waals surface area contributed by atoms with E-state index in [1.54, 1.807) is 6.07 Å². The topological polar surface area (TPSA) is 21.3 Å². The zero-order chi connectivity index (χ0) is 13.0. The average molecular weight is 255 g/mol. The number of hydrogen-bond donors (Lipinski definition) is 1. The Balaban J connectivity index is 1.83. The molecule has 1 saturated heterocycles. The Morgan fingerprint density at radius 3 is 3.00 bits per heavy atom. The summed E-state index contributed by atoms with van der Waals surface area (Å²) in [5.74, 6) is -1.55. The highest BCUT2D eigenvalue weighted by Crippen LogP contribution is 2.19. The third-order valence-corrected chi connectivity index (χ3v) is 3.39. The van der Waals surface area contributed by atoms with Crippen LogP contribution in [0, 0.1) is 11.6 Å². The molecule has 1 N–H and O–H groups in total. The second kappa shape index (κ2) is 6.25. The molecule has 2 unspecified atom stereocenters. The van der Waals surface area contributed by atoms with Crippen molar-refractivity contribution in [2.24, 2.45) is 0 Å². The fraction of sp³-hybridized carbons (Fsp3) is 0.571. The molecule has 4 heteroatoms. The van der Waals surface area contributed by atoms with Gasteiger partial charge < -0.3 is 10.1 Å². The molecular weight excluding hydrogens is 236 g/mol.